The van der Waals surface area contributed by atoms with E-state index in [0.29, 0.717) is 5.92 Å². The van der Waals surface area contributed by atoms with Gasteiger partial charge in [0.15, 0.2) is 0 Å². The first-order chi connectivity index (χ1) is 12.2. The van der Waals surface area contributed by atoms with Gasteiger partial charge in [-0.15, -0.1) is 21.5 Å². The zero-order valence-electron chi connectivity index (χ0n) is 14.6. The number of anilines is 1. The molecule has 25 heavy (non-hydrogen) atoms. The third-order valence-electron chi connectivity index (χ3n) is 6.01. The zero-order chi connectivity index (χ0) is 16.8. The average molecular weight is 356 g/mol. The lowest BCUT2D eigenvalue weighted by molar-refractivity contribution is 0.307. The predicted octanol–water partition coefficient (Wildman–Crippen LogP) is 2.47. The van der Waals surface area contributed by atoms with E-state index in [-0.39, 0.29) is 0 Å². The third-order valence-corrected chi connectivity index (χ3v) is 6.83. The van der Waals surface area contributed by atoms with Crippen LogP contribution in [0.25, 0.3) is 0 Å². The van der Waals surface area contributed by atoms with Crippen molar-refractivity contribution in [2.24, 2.45) is 11.8 Å². The Balaban J connectivity index is 1.22. The smallest absolute Gasteiger partial charge is 0.132 e. The Labute approximate surface area is 152 Å². The van der Waals surface area contributed by atoms with Gasteiger partial charge in [-0.25, -0.2) is 9.97 Å². The fraction of sp³-hybridized carbons (Fsp3) is 0.667. The van der Waals surface area contributed by atoms with E-state index in [1.165, 1.54) is 38.0 Å². The van der Waals surface area contributed by atoms with E-state index in [9.17, 15) is 0 Å². The summed E-state index contributed by atoms with van der Waals surface area (Å²) in [4.78, 5) is 14.1. The molecule has 1 aliphatic carbocycles. The normalized spacial score (nSPS) is 26.8. The summed E-state index contributed by atoms with van der Waals surface area (Å²) < 4.78 is 0. The fourth-order valence-electron chi connectivity index (χ4n) is 4.46. The lowest BCUT2D eigenvalue weighted by Crippen LogP contribution is -2.29. The van der Waals surface area contributed by atoms with E-state index in [1.54, 1.807) is 17.7 Å². The summed E-state index contributed by atoms with van der Waals surface area (Å²) in [5.41, 5.74) is 1.25. The summed E-state index contributed by atoms with van der Waals surface area (Å²) in [6.45, 7) is 7.56. The average Bonchev–Trinajstić information content (AvgIpc) is 3.21. The van der Waals surface area contributed by atoms with Gasteiger partial charge in [0.25, 0.3) is 0 Å². The van der Waals surface area contributed by atoms with Crippen LogP contribution in [0.15, 0.2) is 12.4 Å². The second-order valence-electron chi connectivity index (χ2n) is 7.76. The van der Waals surface area contributed by atoms with Crippen LogP contribution in [0.4, 0.5) is 5.82 Å². The van der Waals surface area contributed by atoms with Crippen molar-refractivity contribution in [1.82, 2.24) is 25.1 Å². The standard InChI is InChI=1S/C18H24N6S/c1-12-21-22-18(25-12)10-23-6-14-8-24(9-15(14)7-23)17-5-16(19-11-20-17)13-3-2-4-13/h5,11,13-15H,2-4,6-10H2,1H3. The van der Waals surface area contributed by atoms with Crippen molar-refractivity contribution in [2.45, 2.75) is 38.6 Å². The van der Waals surface area contributed by atoms with E-state index < -0.39 is 0 Å². The zero-order valence-corrected chi connectivity index (χ0v) is 15.5. The SMILES string of the molecule is Cc1nnc(CN2CC3CN(c4cc(C5CCC5)ncn4)CC3C2)s1. The third kappa shape index (κ3) is 3.04. The Kier molecular flexibility index (Phi) is 3.93. The van der Waals surface area contributed by atoms with Crippen LogP contribution < -0.4 is 4.90 Å². The molecule has 0 N–H and O–H groups in total. The summed E-state index contributed by atoms with van der Waals surface area (Å²) in [7, 11) is 0. The number of hydrogen-bond donors (Lipinski definition) is 0. The van der Waals surface area contributed by atoms with Gasteiger partial charge in [-0.05, 0) is 31.6 Å². The van der Waals surface area contributed by atoms with Crippen molar-refractivity contribution >= 4 is 17.2 Å². The number of hydrogen-bond acceptors (Lipinski definition) is 7. The number of aromatic nitrogens is 4. The maximum atomic E-state index is 4.56. The molecule has 132 valence electrons. The molecule has 0 aromatic carbocycles. The van der Waals surface area contributed by atoms with Gasteiger partial charge < -0.3 is 4.90 Å². The molecule has 5 rings (SSSR count). The van der Waals surface area contributed by atoms with Gasteiger partial charge in [-0.2, -0.15) is 0 Å². The number of likely N-dealkylation sites (tertiary alicyclic amines) is 1. The van der Waals surface area contributed by atoms with Crippen molar-refractivity contribution < 1.29 is 0 Å². The van der Waals surface area contributed by atoms with E-state index in [0.717, 1.165) is 47.3 Å². The van der Waals surface area contributed by atoms with Gasteiger partial charge in [-0.3, -0.25) is 4.90 Å². The Hall–Kier alpha value is -1.60. The molecule has 4 heterocycles. The first-order valence-electron chi connectivity index (χ1n) is 9.33. The number of rotatable bonds is 4. The molecule has 3 fully saturated rings. The highest BCUT2D eigenvalue weighted by Crippen LogP contribution is 2.38. The van der Waals surface area contributed by atoms with Crippen LogP contribution in [-0.4, -0.2) is 51.2 Å². The van der Waals surface area contributed by atoms with Crippen LogP contribution >= 0.6 is 11.3 Å². The largest absolute Gasteiger partial charge is 0.356 e. The van der Waals surface area contributed by atoms with Crippen molar-refractivity contribution in [1.29, 1.82) is 0 Å². The van der Waals surface area contributed by atoms with Crippen LogP contribution in [0.1, 0.15) is 40.9 Å². The maximum Gasteiger partial charge on any atom is 0.132 e. The van der Waals surface area contributed by atoms with Crippen LogP contribution in [0.5, 0.6) is 0 Å². The molecule has 2 atom stereocenters. The van der Waals surface area contributed by atoms with Gasteiger partial charge >= 0.3 is 0 Å². The lowest BCUT2D eigenvalue weighted by Gasteiger charge is -2.26. The van der Waals surface area contributed by atoms with Crippen LogP contribution in [0.2, 0.25) is 0 Å². The molecule has 2 aromatic rings. The first-order valence-corrected chi connectivity index (χ1v) is 10.1. The molecular formula is C18H24N6S. The van der Waals surface area contributed by atoms with E-state index in [1.807, 2.05) is 6.92 Å². The van der Waals surface area contributed by atoms with Crippen LogP contribution in [0, 0.1) is 18.8 Å². The molecule has 0 bridgehead atoms. The second-order valence-corrected chi connectivity index (χ2v) is 9.03. The van der Waals surface area contributed by atoms with E-state index in [2.05, 4.69) is 36.0 Å². The molecule has 0 radical (unpaired) electrons. The van der Waals surface area contributed by atoms with E-state index >= 15 is 0 Å². The predicted molar refractivity (Wildman–Crippen MR) is 97.7 cm³/mol. The number of nitrogens with zero attached hydrogens (tertiary/aromatic N) is 6. The minimum atomic E-state index is 0.676. The minimum absolute atomic E-state index is 0.676. The van der Waals surface area contributed by atoms with Crippen molar-refractivity contribution in [3.8, 4) is 0 Å². The van der Waals surface area contributed by atoms with Gasteiger partial charge in [0.1, 0.15) is 22.2 Å². The summed E-state index contributed by atoms with van der Waals surface area (Å²) in [6, 6.07) is 2.24. The summed E-state index contributed by atoms with van der Waals surface area (Å²) in [5, 5.41) is 10.6. The van der Waals surface area contributed by atoms with Gasteiger partial charge in [0.05, 0.1) is 6.54 Å². The maximum absolute atomic E-state index is 4.56. The molecule has 0 spiro atoms. The highest BCUT2D eigenvalue weighted by molar-refractivity contribution is 7.11. The number of aryl methyl sites for hydroxylation is 1. The quantitative estimate of drug-likeness (QED) is 0.839. The topological polar surface area (TPSA) is 58.0 Å². The van der Waals surface area contributed by atoms with Gasteiger partial charge in [0.2, 0.25) is 0 Å². The van der Waals surface area contributed by atoms with Crippen molar-refractivity contribution in [3.05, 3.63) is 28.1 Å². The molecule has 3 aliphatic rings. The molecule has 2 saturated heterocycles. The first kappa shape index (κ1) is 15.6. The Morgan fingerprint density at radius 3 is 2.52 bits per heavy atom. The van der Waals surface area contributed by atoms with Gasteiger partial charge in [-0.1, -0.05) is 6.42 Å². The van der Waals surface area contributed by atoms with Crippen LogP contribution in [0.3, 0.4) is 0 Å². The Morgan fingerprint density at radius 1 is 1.08 bits per heavy atom. The lowest BCUT2D eigenvalue weighted by atomic mass is 9.83. The molecular weight excluding hydrogens is 332 g/mol. The number of fused-ring (bicyclic) bond motifs is 1. The molecule has 2 aromatic heterocycles. The van der Waals surface area contributed by atoms with Crippen LogP contribution in [-0.2, 0) is 6.54 Å². The molecule has 6 nitrogen and oxygen atoms in total. The molecule has 2 unspecified atom stereocenters. The summed E-state index contributed by atoms with van der Waals surface area (Å²) >= 11 is 1.72. The molecule has 1 saturated carbocycles. The second kappa shape index (κ2) is 6.29. The highest BCUT2D eigenvalue weighted by Gasteiger charge is 2.40. The fourth-order valence-corrected chi connectivity index (χ4v) is 5.21. The summed E-state index contributed by atoms with van der Waals surface area (Å²) in [6.07, 6.45) is 5.70. The van der Waals surface area contributed by atoms with Gasteiger partial charge in [0, 0.05) is 43.9 Å². The Morgan fingerprint density at radius 2 is 1.88 bits per heavy atom. The minimum Gasteiger partial charge on any atom is -0.356 e. The highest BCUT2D eigenvalue weighted by atomic mass is 32.1. The Bertz CT molecular complexity index is 744. The summed E-state index contributed by atoms with van der Waals surface area (Å²) in [5.74, 6) is 3.31. The van der Waals surface area contributed by atoms with E-state index in [4.69, 9.17) is 0 Å². The molecule has 2 aliphatic heterocycles. The molecule has 7 heteroatoms. The van der Waals surface area contributed by atoms with Crippen molar-refractivity contribution in [3.63, 3.8) is 0 Å². The molecule has 0 amide bonds. The monoisotopic (exact) mass is 356 g/mol. The van der Waals surface area contributed by atoms with Crippen molar-refractivity contribution in [2.75, 3.05) is 31.1 Å².